The summed E-state index contributed by atoms with van der Waals surface area (Å²) in [4.78, 5) is 0. The molecule has 0 spiro atoms. The van der Waals surface area contributed by atoms with Crippen LogP contribution in [0.4, 0.5) is 8.78 Å². The van der Waals surface area contributed by atoms with E-state index in [9.17, 15) is 8.78 Å². The predicted molar refractivity (Wildman–Crippen MR) is 25.9 cm³/mol. The van der Waals surface area contributed by atoms with Crippen molar-refractivity contribution in [3.63, 3.8) is 0 Å². The van der Waals surface area contributed by atoms with Gasteiger partial charge in [0.05, 0.1) is 0 Å². The van der Waals surface area contributed by atoms with Gasteiger partial charge in [0.15, 0.2) is 0 Å². The molecule has 0 amide bonds. The van der Waals surface area contributed by atoms with E-state index in [1.165, 1.54) is 0 Å². The number of hydrogen-bond acceptors (Lipinski definition) is 2. The van der Waals surface area contributed by atoms with Crippen molar-refractivity contribution in [3.05, 3.63) is 0 Å². The van der Waals surface area contributed by atoms with E-state index in [2.05, 4.69) is 0 Å². The van der Waals surface area contributed by atoms with Gasteiger partial charge >= 0.3 is 42.0 Å². The Morgan fingerprint density at radius 3 is 1.33 bits per heavy atom. The van der Waals surface area contributed by atoms with Crippen molar-refractivity contribution in [3.8, 4) is 0 Å². The summed E-state index contributed by atoms with van der Waals surface area (Å²) in [5.41, 5.74) is 0. The van der Waals surface area contributed by atoms with E-state index in [0.29, 0.717) is 0 Å². The van der Waals surface area contributed by atoms with Crippen LogP contribution in [0.2, 0.25) is 0 Å². The molecular weight excluding hydrogens is 153 g/mol. The number of rotatable bonds is 0. The molecule has 0 fully saturated rings. The third-order valence-corrected chi connectivity index (χ3v) is 0. The zero-order valence-electron chi connectivity index (χ0n) is 4.45. The Kier molecular flexibility index (Phi) is 6.88. The standard InChI is InChI=1S/CHF2.Li.H2O4S/c2-1-3;;1-5(2,3)4/h1H;;(H2,1,2,3,4). The van der Waals surface area contributed by atoms with E-state index in [0.717, 1.165) is 17.7 Å². The van der Waals surface area contributed by atoms with Crippen molar-refractivity contribution in [2.24, 2.45) is 0 Å². The topological polar surface area (TPSA) is 74.6 Å². The molecule has 0 unspecified atom stereocenters. The van der Waals surface area contributed by atoms with Crippen LogP contribution in [0.1, 0.15) is 0 Å². The van der Waals surface area contributed by atoms with Crippen LogP contribution in [0, 0.1) is 0 Å². The minimum absolute atomic E-state index is 0.833. The van der Waals surface area contributed by atoms with Crippen molar-refractivity contribution in [1.82, 2.24) is 0 Å². The first-order chi connectivity index (χ1) is 3.73. The molecule has 4 nitrogen and oxygen atoms in total. The second-order valence-electron chi connectivity index (χ2n) is 0.967. The van der Waals surface area contributed by atoms with E-state index >= 15 is 0 Å². The molecular formula is CH3F2LiO4S. The van der Waals surface area contributed by atoms with E-state index < -0.39 is 15.5 Å². The van der Waals surface area contributed by atoms with Gasteiger partial charge < -0.3 is 0 Å². The summed E-state index contributed by atoms with van der Waals surface area (Å²) in [6, 6.07) is 0. The van der Waals surface area contributed by atoms with Gasteiger partial charge in [-0.25, -0.2) is 0 Å². The van der Waals surface area contributed by atoms with Crippen molar-refractivity contribution in [2.45, 2.75) is 5.10 Å². The van der Waals surface area contributed by atoms with Crippen molar-refractivity contribution < 1.29 is 26.3 Å². The minimum atomic E-state index is -4.67. The first-order valence-corrected chi connectivity index (χ1v) is 3.11. The van der Waals surface area contributed by atoms with Gasteiger partial charge in [0.1, 0.15) is 0 Å². The second kappa shape index (κ2) is 5.14. The van der Waals surface area contributed by atoms with Crippen LogP contribution in [0.25, 0.3) is 0 Å². The van der Waals surface area contributed by atoms with Gasteiger partial charge in [-0.05, 0) is 0 Å². The predicted octanol–water partition coefficient (Wildman–Crippen LogP) is -0.275. The second-order valence-corrected chi connectivity index (χ2v) is 1.86. The first-order valence-electron chi connectivity index (χ1n) is 1.71. The summed E-state index contributed by atoms with van der Waals surface area (Å²) in [6.07, 6.45) is 0. The summed E-state index contributed by atoms with van der Waals surface area (Å²) >= 11 is 0.833. The first kappa shape index (κ1) is 12.0. The van der Waals surface area contributed by atoms with Crippen LogP contribution in [0.5, 0.6) is 0 Å². The molecule has 0 aromatic rings. The summed E-state index contributed by atoms with van der Waals surface area (Å²) in [5.74, 6) is 0. The van der Waals surface area contributed by atoms with Gasteiger partial charge in [0, 0.05) is 0 Å². The van der Waals surface area contributed by atoms with Crippen molar-refractivity contribution >= 4 is 28.1 Å². The Bertz CT molecular complexity index is 130. The molecule has 0 aliphatic heterocycles. The Morgan fingerprint density at radius 1 is 1.33 bits per heavy atom. The Hall–Kier alpha value is 0.327. The molecule has 0 aromatic heterocycles. The zero-order valence-corrected chi connectivity index (χ0v) is 5.27. The van der Waals surface area contributed by atoms with Gasteiger partial charge in [0.25, 0.3) is 0 Å². The van der Waals surface area contributed by atoms with E-state index in [1.54, 1.807) is 0 Å². The fourth-order valence-corrected chi connectivity index (χ4v) is 0. The summed E-state index contributed by atoms with van der Waals surface area (Å²) in [6.45, 7) is 0. The summed E-state index contributed by atoms with van der Waals surface area (Å²) < 4.78 is 52.2. The van der Waals surface area contributed by atoms with Gasteiger partial charge in [-0.1, -0.05) is 0 Å². The third-order valence-electron chi connectivity index (χ3n) is 0. The Labute approximate surface area is 60.0 Å². The van der Waals surface area contributed by atoms with E-state index in [-0.39, 0.29) is 0 Å². The monoisotopic (exact) mass is 156 g/mol. The van der Waals surface area contributed by atoms with Crippen LogP contribution >= 0.6 is 0 Å². The maximum absolute atomic E-state index is 10.3. The molecule has 0 saturated carbocycles. The van der Waals surface area contributed by atoms with Gasteiger partial charge in [0.2, 0.25) is 0 Å². The quantitative estimate of drug-likeness (QED) is 0.373. The fourth-order valence-electron chi connectivity index (χ4n) is 0. The van der Waals surface area contributed by atoms with Crippen LogP contribution in [-0.4, -0.2) is 40.3 Å². The number of hydrogen-bond donors (Lipinski definition) is 2. The Morgan fingerprint density at radius 2 is 1.33 bits per heavy atom. The summed E-state index contributed by atoms with van der Waals surface area (Å²) in [5, 5.41) is -2.17. The van der Waals surface area contributed by atoms with Crippen LogP contribution in [0.15, 0.2) is 0 Å². The molecule has 0 aliphatic rings. The zero-order chi connectivity index (χ0) is 8.08. The molecule has 0 saturated heterocycles. The van der Waals surface area contributed by atoms with Crippen LogP contribution in [-0.2, 0) is 10.4 Å². The summed E-state index contributed by atoms with van der Waals surface area (Å²) in [7, 11) is -4.67. The van der Waals surface area contributed by atoms with Crippen LogP contribution in [0.3, 0.4) is 0 Å². The molecule has 0 bridgehead atoms. The van der Waals surface area contributed by atoms with Crippen LogP contribution < -0.4 is 0 Å². The van der Waals surface area contributed by atoms with E-state index in [1.807, 2.05) is 0 Å². The number of alkyl halides is 2. The third kappa shape index (κ3) is 3110. The van der Waals surface area contributed by atoms with Gasteiger partial charge in [-0.3, -0.25) is 9.11 Å². The normalized spacial score (nSPS) is 10.6. The fraction of sp³-hybridized carbons (Fsp3) is 1.00. The molecule has 0 radical (unpaired) electrons. The molecule has 0 atom stereocenters. The molecule has 52 valence electrons. The maximum atomic E-state index is 10.3. The van der Waals surface area contributed by atoms with Crippen molar-refractivity contribution in [1.29, 1.82) is 0 Å². The average Bonchev–Trinajstić information content (AvgIpc) is 1.19. The molecule has 0 rings (SSSR count). The molecule has 0 heterocycles. The molecule has 0 aromatic carbocycles. The molecule has 2 N–H and O–H groups in total. The number of halogens is 2. The van der Waals surface area contributed by atoms with Crippen molar-refractivity contribution in [2.75, 3.05) is 0 Å². The van der Waals surface area contributed by atoms with Gasteiger partial charge in [-0.2, -0.15) is 8.42 Å². The molecule has 9 heavy (non-hydrogen) atoms. The Balaban J connectivity index is 0. The van der Waals surface area contributed by atoms with E-state index in [4.69, 9.17) is 17.5 Å². The SMILES string of the molecule is O=S(=O)(O)O.[Li][CH](F)F. The molecule has 8 heteroatoms. The average molecular weight is 156 g/mol. The van der Waals surface area contributed by atoms with Gasteiger partial charge in [-0.15, -0.1) is 0 Å². The molecule has 0 aliphatic carbocycles.